The Morgan fingerprint density at radius 3 is 2.45 bits per heavy atom. The molecule has 0 saturated carbocycles. The molecule has 1 aliphatic carbocycles. The van der Waals surface area contributed by atoms with Crippen molar-refractivity contribution in [1.29, 1.82) is 0 Å². The van der Waals surface area contributed by atoms with Crippen molar-refractivity contribution in [3.05, 3.63) is 71.3 Å². The van der Waals surface area contributed by atoms with Gasteiger partial charge in [-0.1, -0.05) is 54.6 Å². The number of fused-ring (bicyclic) bond motifs is 3. The van der Waals surface area contributed by atoms with E-state index in [9.17, 15) is 0 Å². The fourth-order valence-electron chi connectivity index (χ4n) is 4.16. The zero-order valence-corrected chi connectivity index (χ0v) is 11.8. The van der Waals surface area contributed by atoms with E-state index < -0.39 is 0 Å². The van der Waals surface area contributed by atoms with Crippen LogP contribution in [0.2, 0.25) is 0 Å². The van der Waals surface area contributed by atoms with Crippen molar-refractivity contribution in [3.63, 3.8) is 0 Å². The summed E-state index contributed by atoms with van der Waals surface area (Å²) in [5.74, 6) is 2.16. The third-order valence-corrected chi connectivity index (χ3v) is 5.14. The Morgan fingerprint density at radius 1 is 0.850 bits per heavy atom. The highest BCUT2D eigenvalue weighted by molar-refractivity contribution is 5.43. The second kappa shape index (κ2) is 5.06. The van der Waals surface area contributed by atoms with E-state index >= 15 is 0 Å². The molecule has 1 saturated heterocycles. The van der Waals surface area contributed by atoms with Crippen LogP contribution >= 0.6 is 0 Å². The Hall–Kier alpha value is -1.60. The zero-order valence-electron chi connectivity index (χ0n) is 11.8. The Balaban J connectivity index is 1.81. The first-order chi connectivity index (χ1) is 9.93. The molecule has 2 aromatic rings. The highest BCUT2D eigenvalue weighted by Crippen LogP contribution is 2.47. The minimum absolute atomic E-state index is 0.590. The van der Waals surface area contributed by atoms with Crippen molar-refractivity contribution < 1.29 is 0 Å². The first-order valence-corrected chi connectivity index (χ1v) is 7.78. The van der Waals surface area contributed by atoms with E-state index in [2.05, 4.69) is 59.9 Å². The lowest BCUT2D eigenvalue weighted by molar-refractivity contribution is 0.278. The average Bonchev–Trinajstić information content (AvgIpc) is 2.55. The topological polar surface area (TPSA) is 12.0 Å². The monoisotopic (exact) mass is 263 g/mol. The quantitative estimate of drug-likeness (QED) is 0.822. The molecular weight excluding hydrogens is 242 g/mol. The molecule has 102 valence electrons. The van der Waals surface area contributed by atoms with Gasteiger partial charge in [0.1, 0.15) is 0 Å². The molecule has 1 heteroatoms. The van der Waals surface area contributed by atoms with Crippen LogP contribution in [-0.2, 0) is 0 Å². The van der Waals surface area contributed by atoms with Gasteiger partial charge in [0.25, 0.3) is 0 Å². The summed E-state index contributed by atoms with van der Waals surface area (Å²) in [6, 6.07) is 20.2. The molecule has 3 atom stereocenters. The first kappa shape index (κ1) is 12.2. The Morgan fingerprint density at radius 2 is 1.60 bits per heavy atom. The molecule has 1 heterocycles. The van der Waals surface area contributed by atoms with Crippen molar-refractivity contribution in [2.24, 2.45) is 5.92 Å². The molecule has 20 heavy (non-hydrogen) atoms. The van der Waals surface area contributed by atoms with Gasteiger partial charge in [-0.25, -0.2) is 0 Å². The summed E-state index contributed by atoms with van der Waals surface area (Å²) in [6.07, 6.45) is 2.63. The lowest BCUT2D eigenvalue weighted by Gasteiger charge is -2.41. The predicted molar refractivity (Wildman–Crippen MR) is 83.1 cm³/mol. The molecule has 0 unspecified atom stereocenters. The molecule has 1 fully saturated rings. The summed E-state index contributed by atoms with van der Waals surface area (Å²) < 4.78 is 0. The van der Waals surface area contributed by atoms with E-state index in [4.69, 9.17) is 0 Å². The molecule has 2 aliphatic rings. The van der Waals surface area contributed by atoms with Crippen LogP contribution in [0, 0.1) is 5.92 Å². The van der Waals surface area contributed by atoms with Gasteiger partial charge in [0.2, 0.25) is 0 Å². The number of hydrogen-bond donors (Lipinski definition) is 1. The van der Waals surface area contributed by atoms with Crippen molar-refractivity contribution in [1.82, 2.24) is 5.32 Å². The molecule has 2 aromatic carbocycles. The second-order valence-corrected chi connectivity index (χ2v) is 6.19. The fourth-order valence-corrected chi connectivity index (χ4v) is 4.16. The van der Waals surface area contributed by atoms with Crippen molar-refractivity contribution >= 4 is 0 Å². The largest absolute Gasteiger partial charge is 0.316 e. The maximum atomic E-state index is 3.58. The van der Waals surface area contributed by atoms with Crippen LogP contribution in [0.15, 0.2) is 54.6 Å². The normalized spacial score (nSPS) is 28.5. The van der Waals surface area contributed by atoms with Crippen molar-refractivity contribution in [2.45, 2.75) is 24.7 Å². The van der Waals surface area contributed by atoms with Gasteiger partial charge >= 0.3 is 0 Å². The molecule has 1 N–H and O–H groups in total. The summed E-state index contributed by atoms with van der Waals surface area (Å²) in [6.45, 7) is 2.34. The summed E-state index contributed by atoms with van der Waals surface area (Å²) in [7, 11) is 0. The first-order valence-electron chi connectivity index (χ1n) is 7.78. The molecule has 4 rings (SSSR count). The lowest BCUT2D eigenvalue weighted by atomic mass is 9.66. The van der Waals surface area contributed by atoms with Gasteiger partial charge in [-0.05, 0) is 47.9 Å². The Kier molecular flexibility index (Phi) is 3.08. The van der Waals surface area contributed by atoms with Crippen LogP contribution in [0.5, 0.6) is 0 Å². The van der Waals surface area contributed by atoms with Gasteiger partial charge in [-0.2, -0.15) is 0 Å². The Labute approximate surface area is 121 Å². The van der Waals surface area contributed by atoms with Gasteiger partial charge in [0.15, 0.2) is 0 Å². The number of benzene rings is 2. The standard InChI is InChI=1S/C19H21N/c1-2-6-14(7-3-1)18-12-15-10-11-20-13-19(15)17-9-5-4-8-16(17)18/h1-9,15,18-20H,10-13H2/t15-,18-,19+/m0/s1. The van der Waals surface area contributed by atoms with Gasteiger partial charge in [-0.3, -0.25) is 0 Å². The average molecular weight is 263 g/mol. The minimum Gasteiger partial charge on any atom is -0.316 e. The third-order valence-electron chi connectivity index (χ3n) is 5.14. The summed E-state index contributed by atoms with van der Waals surface area (Å²) in [4.78, 5) is 0. The molecule has 0 spiro atoms. The highest BCUT2D eigenvalue weighted by atomic mass is 14.9. The van der Waals surface area contributed by atoms with Crippen LogP contribution in [0.4, 0.5) is 0 Å². The molecular formula is C19H21N. The zero-order chi connectivity index (χ0) is 13.4. The third kappa shape index (κ3) is 1.97. The summed E-state index contributed by atoms with van der Waals surface area (Å²) >= 11 is 0. The number of piperidine rings is 1. The molecule has 1 aliphatic heterocycles. The van der Waals surface area contributed by atoms with Crippen LogP contribution < -0.4 is 5.32 Å². The smallest absolute Gasteiger partial charge is 0.00950 e. The van der Waals surface area contributed by atoms with E-state index in [0.717, 1.165) is 18.4 Å². The van der Waals surface area contributed by atoms with E-state index in [1.807, 2.05) is 0 Å². The predicted octanol–water partition coefficient (Wildman–Crippen LogP) is 3.92. The Bertz CT molecular complexity index is 590. The van der Waals surface area contributed by atoms with E-state index in [1.165, 1.54) is 24.9 Å². The molecule has 0 bridgehead atoms. The van der Waals surface area contributed by atoms with E-state index in [0.29, 0.717) is 5.92 Å². The molecule has 1 nitrogen and oxygen atoms in total. The molecule has 0 aromatic heterocycles. The number of rotatable bonds is 1. The molecule has 0 radical (unpaired) electrons. The van der Waals surface area contributed by atoms with E-state index in [-0.39, 0.29) is 0 Å². The maximum absolute atomic E-state index is 3.58. The summed E-state index contributed by atoms with van der Waals surface area (Å²) in [5.41, 5.74) is 4.63. The fraction of sp³-hybridized carbons (Fsp3) is 0.368. The number of nitrogens with one attached hydrogen (secondary N) is 1. The van der Waals surface area contributed by atoms with Gasteiger partial charge in [0.05, 0.1) is 0 Å². The van der Waals surface area contributed by atoms with Gasteiger partial charge in [-0.15, -0.1) is 0 Å². The lowest BCUT2D eigenvalue weighted by Crippen LogP contribution is -2.38. The van der Waals surface area contributed by atoms with Gasteiger partial charge < -0.3 is 5.32 Å². The number of hydrogen-bond acceptors (Lipinski definition) is 1. The maximum Gasteiger partial charge on any atom is 0.00950 e. The van der Waals surface area contributed by atoms with Crippen LogP contribution in [-0.4, -0.2) is 13.1 Å². The van der Waals surface area contributed by atoms with Crippen molar-refractivity contribution in [2.75, 3.05) is 13.1 Å². The SMILES string of the molecule is c1ccc([C@@H]2C[C@@H]3CCNC[C@H]3c3ccccc32)cc1. The summed E-state index contributed by atoms with van der Waals surface area (Å²) in [5, 5.41) is 3.58. The van der Waals surface area contributed by atoms with Crippen LogP contribution in [0.3, 0.4) is 0 Å². The second-order valence-electron chi connectivity index (χ2n) is 6.19. The highest BCUT2D eigenvalue weighted by Gasteiger charge is 2.36. The minimum atomic E-state index is 0.590. The van der Waals surface area contributed by atoms with Crippen molar-refractivity contribution in [3.8, 4) is 0 Å². The van der Waals surface area contributed by atoms with Gasteiger partial charge in [0, 0.05) is 12.5 Å². The van der Waals surface area contributed by atoms with Crippen LogP contribution in [0.1, 0.15) is 41.4 Å². The van der Waals surface area contributed by atoms with Crippen LogP contribution in [0.25, 0.3) is 0 Å². The molecule has 0 amide bonds. The van der Waals surface area contributed by atoms with E-state index in [1.54, 1.807) is 11.1 Å².